The van der Waals surface area contributed by atoms with E-state index < -0.39 is 5.97 Å². The number of hydrogen-bond acceptors (Lipinski definition) is 7. The first-order valence-electron chi connectivity index (χ1n) is 10.9. The third-order valence-corrected chi connectivity index (χ3v) is 7.42. The summed E-state index contributed by atoms with van der Waals surface area (Å²) in [4.78, 5) is 45.7. The molecule has 1 aromatic carbocycles. The Morgan fingerprint density at radius 3 is 2.85 bits per heavy atom. The van der Waals surface area contributed by atoms with E-state index in [0.29, 0.717) is 27.3 Å². The van der Waals surface area contributed by atoms with E-state index in [1.54, 1.807) is 6.92 Å². The topological polar surface area (TPSA) is 101 Å². The molecule has 1 unspecified atom stereocenters. The quantitative estimate of drug-likeness (QED) is 0.291. The molecule has 0 aliphatic heterocycles. The number of aromatic nitrogens is 2. The fourth-order valence-electron chi connectivity index (χ4n) is 3.82. The first-order valence-corrected chi connectivity index (χ1v) is 12.7. The summed E-state index contributed by atoms with van der Waals surface area (Å²) in [5, 5.41) is 3.79. The standard InChI is InChI=1S/C24H25N3O4S2/c1-3-31-23(30)21-16-10-9-14(2)11-18(16)33-22(21)26-20(29)13-32-24-25-17(12-19(28)27-24)15-7-5-4-6-8-15/h4-8,12,14H,3,9-11,13H2,1-2H3,(H,26,29)(H,25,27,28). The number of hydrogen-bond donors (Lipinski definition) is 2. The summed E-state index contributed by atoms with van der Waals surface area (Å²) in [6.07, 6.45) is 2.72. The Labute approximate surface area is 200 Å². The lowest BCUT2D eigenvalue weighted by Crippen LogP contribution is -2.18. The lowest BCUT2D eigenvalue weighted by molar-refractivity contribution is -0.113. The number of nitrogens with zero attached hydrogens (tertiary/aromatic N) is 1. The number of fused-ring (bicyclic) bond motifs is 1. The van der Waals surface area contributed by atoms with Crippen molar-refractivity contribution in [2.75, 3.05) is 17.7 Å². The molecule has 172 valence electrons. The molecule has 1 amide bonds. The lowest BCUT2D eigenvalue weighted by Gasteiger charge is -2.18. The van der Waals surface area contributed by atoms with Crippen molar-refractivity contribution < 1.29 is 14.3 Å². The van der Waals surface area contributed by atoms with Crippen LogP contribution in [0.4, 0.5) is 5.00 Å². The van der Waals surface area contributed by atoms with Crippen LogP contribution >= 0.6 is 23.1 Å². The van der Waals surface area contributed by atoms with Gasteiger partial charge in [-0.1, -0.05) is 49.0 Å². The van der Waals surface area contributed by atoms with Crippen LogP contribution in [0.25, 0.3) is 11.3 Å². The van der Waals surface area contributed by atoms with Crippen LogP contribution in [0.1, 0.15) is 41.1 Å². The number of carbonyl (C=O) groups is 2. The van der Waals surface area contributed by atoms with Crippen molar-refractivity contribution in [1.29, 1.82) is 0 Å². The molecule has 0 bridgehead atoms. The Morgan fingerprint density at radius 1 is 1.30 bits per heavy atom. The van der Waals surface area contributed by atoms with E-state index >= 15 is 0 Å². The molecule has 0 spiro atoms. The Hall–Kier alpha value is -2.91. The van der Waals surface area contributed by atoms with Crippen molar-refractivity contribution in [2.45, 2.75) is 38.3 Å². The van der Waals surface area contributed by atoms with Crippen LogP contribution in [0, 0.1) is 5.92 Å². The van der Waals surface area contributed by atoms with Gasteiger partial charge in [0.15, 0.2) is 5.16 Å². The molecule has 1 aliphatic carbocycles. The second kappa shape index (κ2) is 10.4. The Kier molecular flexibility index (Phi) is 7.29. The third kappa shape index (κ3) is 5.54. The number of thioether (sulfide) groups is 1. The third-order valence-electron chi connectivity index (χ3n) is 5.37. The average molecular weight is 484 g/mol. The second-order valence-corrected chi connectivity index (χ2v) is 9.98. The second-order valence-electron chi connectivity index (χ2n) is 7.92. The van der Waals surface area contributed by atoms with Crippen molar-refractivity contribution in [3.8, 4) is 11.3 Å². The number of thiophene rings is 1. The van der Waals surface area contributed by atoms with Crippen LogP contribution in [0.2, 0.25) is 0 Å². The van der Waals surface area contributed by atoms with E-state index in [-0.39, 0.29) is 23.8 Å². The van der Waals surface area contributed by atoms with Crippen LogP contribution in [0.5, 0.6) is 0 Å². The van der Waals surface area contributed by atoms with Crippen molar-refractivity contribution >= 4 is 40.0 Å². The molecule has 2 heterocycles. The molecule has 33 heavy (non-hydrogen) atoms. The van der Waals surface area contributed by atoms with Gasteiger partial charge >= 0.3 is 5.97 Å². The van der Waals surface area contributed by atoms with Crippen LogP contribution in [0.15, 0.2) is 46.3 Å². The summed E-state index contributed by atoms with van der Waals surface area (Å²) >= 11 is 2.60. The van der Waals surface area contributed by atoms with Gasteiger partial charge in [0.05, 0.1) is 23.6 Å². The number of benzene rings is 1. The molecule has 9 heteroatoms. The summed E-state index contributed by atoms with van der Waals surface area (Å²) in [5.41, 5.74) is 2.58. The molecule has 0 radical (unpaired) electrons. The molecule has 2 N–H and O–H groups in total. The van der Waals surface area contributed by atoms with E-state index in [1.807, 2.05) is 30.3 Å². The van der Waals surface area contributed by atoms with E-state index in [9.17, 15) is 14.4 Å². The lowest BCUT2D eigenvalue weighted by atomic mass is 9.88. The largest absolute Gasteiger partial charge is 0.462 e. The molecule has 0 saturated carbocycles. The maximum absolute atomic E-state index is 12.7. The van der Waals surface area contributed by atoms with Gasteiger partial charge in [0.1, 0.15) is 5.00 Å². The molecule has 3 aromatic rings. The predicted octanol–water partition coefficient (Wildman–Crippen LogP) is 4.53. The zero-order valence-corrected chi connectivity index (χ0v) is 20.1. The number of H-pyrrole nitrogens is 1. The summed E-state index contributed by atoms with van der Waals surface area (Å²) in [7, 11) is 0. The molecule has 7 nitrogen and oxygen atoms in total. The summed E-state index contributed by atoms with van der Waals surface area (Å²) < 4.78 is 5.26. The van der Waals surface area contributed by atoms with Crippen LogP contribution in [-0.4, -0.2) is 34.2 Å². The molecular formula is C24H25N3O4S2. The fraction of sp³-hybridized carbons (Fsp3) is 0.333. The molecule has 4 rings (SSSR count). The van der Waals surface area contributed by atoms with Gasteiger partial charge in [-0.05, 0) is 37.7 Å². The number of ether oxygens (including phenoxy) is 1. The van der Waals surface area contributed by atoms with E-state index in [4.69, 9.17) is 4.74 Å². The Morgan fingerprint density at radius 2 is 2.09 bits per heavy atom. The van der Waals surface area contributed by atoms with Crippen molar-refractivity contribution in [3.05, 3.63) is 62.8 Å². The van der Waals surface area contributed by atoms with Gasteiger partial charge in [-0.25, -0.2) is 9.78 Å². The highest BCUT2D eigenvalue weighted by Gasteiger charge is 2.29. The number of amides is 1. The van der Waals surface area contributed by atoms with Gasteiger partial charge in [-0.3, -0.25) is 9.59 Å². The van der Waals surface area contributed by atoms with Gasteiger partial charge in [-0.15, -0.1) is 11.3 Å². The van der Waals surface area contributed by atoms with Gasteiger partial charge in [0.2, 0.25) is 5.91 Å². The van der Waals surface area contributed by atoms with Crippen molar-refractivity contribution in [3.63, 3.8) is 0 Å². The van der Waals surface area contributed by atoms with Gasteiger partial charge in [0, 0.05) is 16.5 Å². The molecule has 1 aliphatic rings. The SMILES string of the molecule is CCOC(=O)c1c(NC(=O)CSc2nc(-c3ccccc3)cc(=O)[nH]2)sc2c1CCC(C)C2. The highest BCUT2D eigenvalue weighted by molar-refractivity contribution is 7.99. The number of rotatable bonds is 7. The van der Waals surface area contributed by atoms with Crippen LogP contribution < -0.4 is 10.9 Å². The number of anilines is 1. The van der Waals surface area contributed by atoms with Gasteiger partial charge in [0.25, 0.3) is 5.56 Å². The molecule has 0 saturated heterocycles. The van der Waals surface area contributed by atoms with Crippen molar-refractivity contribution in [1.82, 2.24) is 9.97 Å². The van der Waals surface area contributed by atoms with Crippen LogP contribution in [0.3, 0.4) is 0 Å². The Balaban J connectivity index is 1.49. The first-order chi connectivity index (χ1) is 15.9. The van der Waals surface area contributed by atoms with Gasteiger partial charge in [-0.2, -0.15) is 0 Å². The summed E-state index contributed by atoms with van der Waals surface area (Å²) in [6, 6.07) is 10.8. The monoisotopic (exact) mass is 483 g/mol. The predicted molar refractivity (Wildman–Crippen MR) is 131 cm³/mol. The number of nitrogens with one attached hydrogen (secondary N) is 2. The smallest absolute Gasteiger partial charge is 0.341 e. The molecule has 2 aromatic heterocycles. The average Bonchev–Trinajstić information content (AvgIpc) is 3.15. The summed E-state index contributed by atoms with van der Waals surface area (Å²) in [6.45, 7) is 4.24. The summed E-state index contributed by atoms with van der Waals surface area (Å²) in [5.74, 6) is -0.0771. The highest BCUT2D eigenvalue weighted by Crippen LogP contribution is 2.40. The number of aromatic amines is 1. The van der Waals surface area contributed by atoms with Crippen LogP contribution in [-0.2, 0) is 22.4 Å². The first kappa shape index (κ1) is 23.3. The normalized spacial score (nSPS) is 15.0. The van der Waals surface area contributed by atoms with Gasteiger partial charge < -0.3 is 15.0 Å². The van der Waals surface area contributed by atoms with Crippen molar-refractivity contribution in [2.24, 2.45) is 5.92 Å². The number of carbonyl (C=O) groups excluding carboxylic acids is 2. The molecule has 1 atom stereocenters. The van der Waals surface area contributed by atoms with E-state index in [0.717, 1.165) is 47.0 Å². The number of esters is 1. The Bertz CT molecular complexity index is 1220. The van der Waals surface area contributed by atoms with E-state index in [1.165, 1.54) is 17.4 Å². The van der Waals surface area contributed by atoms with E-state index in [2.05, 4.69) is 22.2 Å². The minimum Gasteiger partial charge on any atom is -0.462 e. The molecular weight excluding hydrogens is 458 g/mol. The maximum atomic E-state index is 12.7. The zero-order valence-electron chi connectivity index (χ0n) is 18.5. The zero-order chi connectivity index (χ0) is 23.4. The highest BCUT2D eigenvalue weighted by atomic mass is 32.2. The minimum absolute atomic E-state index is 0.0441. The maximum Gasteiger partial charge on any atom is 0.341 e. The fourth-order valence-corrected chi connectivity index (χ4v) is 5.91. The molecule has 0 fully saturated rings. The minimum atomic E-state index is -0.394.